The van der Waals surface area contributed by atoms with Gasteiger partial charge in [0.2, 0.25) is 0 Å². The number of rotatable bonds is 10. The van der Waals surface area contributed by atoms with Crippen LogP contribution in [0.2, 0.25) is 0 Å². The van der Waals surface area contributed by atoms with E-state index in [0.29, 0.717) is 6.54 Å². The first-order valence-electron chi connectivity index (χ1n) is 17.8. The molecule has 3 N–H and O–H groups in total. The maximum Gasteiger partial charge on any atom is 0.315 e. The third-order valence-corrected chi connectivity index (χ3v) is 12.1. The van der Waals surface area contributed by atoms with Crippen LogP contribution in [0.1, 0.15) is 79.6 Å². The van der Waals surface area contributed by atoms with Gasteiger partial charge in [-0.05, 0) is 102 Å². The Balaban J connectivity index is 0.919. The topological polar surface area (TPSA) is 92.7 Å². The molecule has 2 heterocycles. The minimum Gasteiger partial charge on any atom is -0.392 e. The number of thioether (sulfide) groups is 1. The summed E-state index contributed by atoms with van der Waals surface area (Å²) in [5.74, 6) is 3.17. The van der Waals surface area contributed by atoms with Gasteiger partial charge in [-0.15, -0.1) is 11.8 Å². The molecule has 5 aliphatic rings. The fourth-order valence-corrected chi connectivity index (χ4v) is 9.94. The van der Waals surface area contributed by atoms with Crippen molar-refractivity contribution in [3.63, 3.8) is 0 Å². The summed E-state index contributed by atoms with van der Waals surface area (Å²) >= 11 is 1.69. The van der Waals surface area contributed by atoms with Gasteiger partial charge >= 0.3 is 6.03 Å². The van der Waals surface area contributed by atoms with Gasteiger partial charge in [0, 0.05) is 36.0 Å². The van der Waals surface area contributed by atoms with Crippen LogP contribution in [0, 0.1) is 17.8 Å². The third kappa shape index (κ3) is 7.58. The number of hydrogen-bond acceptors (Lipinski definition) is 6. The summed E-state index contributed by atoms with van der Waals surface area (Å²) in [5.41, 5.74) is 6.20. The average Bonchev–Trinajstić information content (AvgIpc) is 3.13. The molecule has 0 spiro atoms. The molecule has 3 atom stereocenters. The number of aliphatic hydroxyl groups excluding tert-OH is 1. The molecule has 1 aliphatic heterocycles. The zero-order valence-electron chi connectivity index (χ0n) is 27.8. The first-order chi connectivity index (χ1) is 24.0. The molecule has 4 saturated carbocycles. The summed E-state index contributed by atoms with van der Waals surface area (Å²) in [6.07, 6.45) is 9.42. The van der Waals surface area contributed by atoms with Gasteiger partial charge in [0.1, 0.15) is 0 Å². The van der Waals surface area contributed by atoms with E-state index in [1.807, 2.05) is 48.7 Å². The Bertz CT molecular complexity index is 1700. The average molecular weight is 676 g/mol. The van der Waals surface area contributed by atoms with E-state index in [1.54, 1.807) is 11.8 Å². The van der Waals surface area contributed by atoms with Crippen LogP contribution in [0.15, 0.2) is 102 Å². The fraction of sp³-hybridized carbons (Fsp3) is 0.415. The molecule has 1 saturated heterocycles. The molecule has 1 aromatic heterocycles. The molecular weight excluding hydrogens is 631 g/mol. The molecule has 7 nitrogen and oxygen atoms in total. The van der Waals surface area contributed by atoms with E-state index in [1.165, 1.54) is 19.3 Å². The first-order valence-corrected chi connectivity index (χ1v) is 18.8. The Hall–Kier alpha value is -3.69. The molecule has 0 radical (unpaired) electrons. The van der Waals surface area contributed by atoms with E-state index in [4.69, 9.17) is 9.47 Å². The summed E-state index contributed by atoms with van der Waals surface area (Å²) in [5, 5.41) is 17.1. The Morgan fingerprint density at radius 1 is 0.796 bits per heavy atom. The number of aromatic nitrogens is 1. The Kier molecular flexibility index (Phi) is 9.47. The van der Waals surface area contributed by atoms with Crippen LogP contribution in [-0.4, -0.2) is 33.5 Å². The second kappa shape index (κ2) is 14.3. The van der Waals surface area contributed by atoms with Crippen molar-refractivity contribution >= 4 is 17.8 Å². The standard InChI is InChI=1S/C41H45N3O4S/c45-25-27-7-9-33(10-8-27)37-20-36(26-49-38-6-1-2-15-42-38)47-39(48-37)34-13-11-32(12-14-34)35-5-3-4-28(19-35)24-43-40(46)44-41-21-29-16-30(22-41)18-31(17-29)23-41/h1-15,19,29-31,36-37,39,45H,16-18,20-26H2,(H2,43,44,46)/t29?,30?,31?,36-,37+,39+,41?/m1/s1. The summed E-state index contributed by atoms with van der Waals surface area (Å²) in [7, 11) is 0. The number of benzene rings is 3. The lowest BCUT2D eigenvalue weighted by Gasteiger charge is -2.56. The Morgan fingerprint density at radius 3 is 2.22 bits per heavy atom. The van der Waals surface area contributed by atoms with Crippen molar-refractivity contribution in [1.29, 1.82) is 0 Å². The molecule has 49 heavy (non-hydrogen) atoms. The highest BCUT2D eigenvalue weighted by Gasteiger charge is 2.51. The number of urea groups is 1. The fourth-order valence-electron chi connectivity index (χ4n) is 9.06. The second-order valence-electron chi connectivity index (χ2n) is 14.7. The van der Waals surface area contributed by atoms with E-state index >= 15 is 0 Å². The number of ether oxygens (including phenoxy) is 2. The van der Waals surface area contributed by atoms with Crippen molar-refractivity contribution in [2.75, 3.05) is 5.75 Å². The molecule has 0 unspecified atom stereocenters. The third-order valence-electron chi connectivity index (χ3n) is 11.0. The minimum absolute atomic E-state index is 0.0106. The van der Waals surface area contributed by atoms with E-state index in [0.717, 1.165) is 87.6 Å². The number of nitrogens with one attached hydrogen (secondary N) is 2. The van der Waals surface area contributed by atoms with E-state index < -0.39 is 6.29 Å². The van der Waals surface area contributed by atoms with Crippen molar-refractivity contribution in [2.45, 2.75) is 87.2 Å². The van der Waals surface area contributed by atoms with Crippen molar-refractivity contribution < 1.29 is 19.4 Å². The van der Waals surface area contributed by atoms with E-state index in [-0.39, 0.29) is 30.4 Å². The normalized spacial score (nSPS) is 28.7. The van der Waals surface area contributed by atoms with Gasteiger partial charge in [0.05, 0.1) is 23.8 Å². The quantitative estimate of drug-likeness (QED) is 0.146. The molecule has 4 aliphatic carbocycles. The first kappa shape index (κ1) is 32.5. The lowest BCUT2D eigenvalue weighted by Crippen LogP contribution is -2.61. The van der Waals surface area contributed by atoms with Crippen molar-refractivity contribution in [2.24, 2.45) is 17.8 Å². The highest BCUT2D eigenvalue weighted by molar-refractivity contribution is 7.99. The van der Waals surface area contributed by atoms with Crippen LogP contribution < -0.4 is 10.6 Å². The molecule has 254 valence electrons. The highest BCUT2D eigenvalue weighted by Crippen LogP contribution is 2.55. The number of nitrogens with zero attached hydrogens (tertiary/aromatic N) is 1. The van der Waals surface area contributed by atoms with Crippen LogP contribution in [0.3, 0.4) is 0 Å². The largest absolute Gasteiger partial charge is 0.392 e. The maximum atomic E-state index is 13.1. The van der Waals surface area contributed by atoms with Crippen molar-refractivity contribution in [3.05, 3.63) is 119 Å². The number of carbonyl (C=O) groups excluding carboxylic acids is 1. The van der Waals surface area contributed by atoms with Crippen molar-refractivity contribution in [1.82, 2.24) is 15.6 Å². The predicted octanol–water partition coefficient (Wildman–Crippen LogP) is 8.35. The number of pyridine rings is 1. The SMILES string of the molecule is O=C(NCc1cccc(-c2ccc([C@H]3O[C@@H](CSc4ccccn4)C[C@@H](c4ccc(CO)cc4)O3)cc2)c1)NC12CC3CC(CC(C3)C1)C2. The lowest BCUT2D eigenvalue weighted by atomic mass is 9.53. The Morgan fingerprint density at radius 2 is 1.53 bits per heavy atom. The van der Waals surface area contributed by atoms with Crippen LogP contribution in [0.4, 0.5) is 4.79 Å². The summed E-state index contributed by atoms with van der Waals surface area (Å²) in [4.78, 5) is 17.5. The number of carbonyl (C=O) groups is 1. The highest BCUT2D eigenvalue weighted by atomic mass is 32.2. The van der Waals surface area contributed by atoms with E-state index in [2.05, 4.69) is 64.1 Å². The van der Waals surface area contributed by atoms with Crippen LogP contribution in [0.25, 0.3) is 11.1 Å². The number of aliphatic hydroxyl groups is 1. The maximum absolute atomic E-state index is 13.1. The molecule has 9 rings (SSSR count). The summed E-state index contributed by atoms with van der Waals surface area (Å²) in [6.45, 7) is 0.510. The van der Waals surface area contributed by atoms with Crippen molar-refractivity contribution in [3.8, 4) is 11.1 Å². The number of amides is 2. The lowest BCUT2D eigenvalue weighted by molar-refractivity contribution is -0.245. The summed E-state index contributed by atoms with van der Waals surface area (Å²) < 4.78 is 13.1. The molecule has 8 heteroatoms. The van der Waals surface area contributed by atoms with Crippen LogP contribution in [0.5, 0.6) is 0 Å². The molecule has 5 fully saturated rings. The monoisotopic (exact) mass is 675 g/mol. The van der Waals surface area contributed by atoms with E-state index in [9.17, 15) is 9.90 Å². The van der Waals surface area contributed by atoms with Gasteiger partial charge in [0.25, 0.3) is 0 Å². The Labute approximate surface area is 293 Å². The zero-order valence-corrected chi connectivity index (χ0v) is 28.6. The summed E-state index contributed by atoms with van der Waals surface area (Å²) in [6, 6.07) is 30.7. The van der Waals surface area contributed by atoms with Crippen LogP contribution in [-0.2, 0) is 22.6 Å². The smallest absolute Gasteiger partial charge is 0.315 e. The second-order valence-corrected chi connectivity index (χ2v) is 15.7. The molecular formula is C41H45N3O4S. The zero-order chi connectivity index (χ0) is 33.2. The molecule has 4 aromatic rings. The molecule has 2 amide bonds. The minimum atomic E-state index is -0.511. The van der Waals surface area contributed by atoms with Gasteiger partial charge in [0.15, 0.2) is 6.29 Å². The molecule has 3 aromatic carbocycles. The van der Waals surface area contributed by atoms with Gasteiger partial charge in [-0.3, -0.25) is 0 Å². The van der Waals surface area contributed by atoms with Gasteiger partial charge in [-0.1, -0.05) is 72.8 Å². The molecule has 4 bridgehead atoms. The van der Waals surface area contributed by atoms with Gasteiger partial charge < -0.3 is 25.2 Å². The number of hydrogen-bond donors (Lipinski definition) is 3. The van der Waals surface area contributed by atoms with Gasteiger partial charge in [-0.25, -0.2) is 9.78 Å². The predicted molar refractivity (Wildman–Crippen MR) is 192 cm³/mol. The van der Waals surface area contributed by atoms with Crippen LogP contribution >= 0.6 is 11.8 Å². The van der Waals surface area contributed by atoms with Gasteiger partial charge in [-0.2, -0.15) is 0 Å².